The first kappa shape index (κ1) is 11.4. The maximum absolute atomic E-state index is 10.0. The van der Waals surface area contributed by atoms with Gasteiger partial charge in [-0.15, -0.1) is 12.6 Å². The number of aromatic hydroxyl groups is 1. The maximum atomic E-state index is 10.0. The maximum Gasteiger partial charge on any atom is 0.122 e. The lowest BCUT2D eigenvalue weighted by Gasteiger charge is -2.15. The molecule has 0 spiro atoms. The van der Waals surface area contributed by atoms with E-state index in [0.29, 0.717) is 17.6 Å². The molecule has 0 bridgehead atoms. The second kappa shape index (κ2) is 4.26. The predicted octanol–water partition coefficient (Wildman–Crippen LogP) is 3.93. The third-order valence-electron chi connectivity index (χ3n) is 2.40. The van der Waals surface area contributed by atoms with Crippen LogP contribution in [0.25, 0.3) is 0 Å². The number of hydrogen-bond donors (Lipinski definition) is 2. The van der Waals surface area contributed by atoms with Crippen molar-refractivity contribution in [3.8, 4) is 5.75 Å². The second-order valence-corrected chi connectivity index (χ2v) is 4.80. The van der Waals surface area contributed by atoms with E-state index >= 15 is 0 Å². The highest BCUT2D eigenvalue weighted by atomic mass is 32.1. The zero-order chi connectivity index (χ0) is 10.9. The van der Waals surface area contributed by atoms with Gasteiger partial charge in [0, 0.05) is 4.90 Å². The number of thiol groups is 1. The van der Waals surface area contributed by atoms with Crippen LogP contribution in [-0.2, 0) is 0 Å². The second-order valence-electron chi connectivity index (χ2n) is 4.28. The van der Waals surface area contributed by atoms with Gasteiger partial charge in [-0.2, -0.15) is 0 Å². The van der Waals surface area contributed by atoms with Crippen molar-refractivity contribution < 1.29 is 5.11 Å². The summed E-state index contributed by atoms with van der Waals surface area (Å²) in [5.74, 6) is 1.10. The standard InChI is InChI=1S/C12H18OS/c1-7(2)10-5-9(14)6-11(8(3)4)12(10)13/h5-8,13-14H,1-4H3. The molecule has 1 N–H and O–H groups in total. The third kappa shape index (κ3) is 2.24. The van der Waals surface area contributed by atoms with E-state index in [4.69, 9.17) is 0 Å². The Hall–Kier alpha value is -0.630. The van der Waals surface area contributed by atoms with Gasteiger partial charge in [-0.1, -0.05) is 27.7 Å². The van der Waals surface area contributed by atoms with Gasteiger partial charge in [0.2, 0.25) is 0 Å². The van der Waals surface area contributed by atoms with E-state index in [-0.39, 0.29) is 0 Å². The van der Waals surface area contributed by atoms with E-state index in [1.807, 2.05) is 12.1 Å². The summed E-state index contributed by atoms with van der Waals surface area (Å²) in [4.78, 5) is 0.926. The van der Waals surface area contributed by atoms with Crippen LogP contribution in [-0.4, -0.2) is 5.11 Å². The summed E-state index contributed by atoms with van der Waals surface area (Å²) in [5.41, 5.74) is 1.97. The van der Waals surface area contributed by atoms with Crippen molar-refractivity contribution in [3.63, 3.8) is 0 Å². The van der Waals surface area contributed by atoms with Crippen LogP contribution in [0.5, 0.6) is 5.75 Å². The molecule has 1 nitrogen and oxygen atoms in total. The Morgan fingerprint density at radius 1 is 1.00 bits per heavy atom. The Morgan fingerprint density at radius 3 is 1.64 bits per heavy atom. The van der Waals surface area contributed by atoms with Gasteiger partial charge in [-0.25, -0.2) is 0 Å². The lowest BCUT2D eigenvalue weighted by atomic mass is 9.94. The van der Waals surface area contributed by atoms with E-state index < -0.39 is 0 Å². The van der Waals surface area contributed by atoms with Gasteiger partial charge in [0.1, 0.15) is 5.75 Å². The average Bonchev–Trinajstić information content (AvgIpc) is 2.07. The molecule has 0 heterocycles. The first-order valence-electron chi connectivity index (χ1n) is 4.99. The molecule has 14 heavy (non-hydrogen) atoms. The zero-order valence-corrected chi connectivity index (χ0v) is 10.1. The minimum absolute atomic E-state index is 0.333. The molecular weight excluding hydrogens is 192 g/mol. The number of rotatable bonds is 2. The van der Waals surface area contributed by atoms with Crippen molar-refractivity contribution in [1.82, 2.24) is 0 Å². The van der Waals surface area contributed by atoms with Gasteiger partial charge < -0.3 is 5.11 Å². The van der Waals surface area contributed by atoms with Crippen LogP contribution in [0.2, 0.25) is 0 Å². The fourth-order valence-electron chi connectivity index (χ4n) is 1.54. The Labute approximate surface area is 91.6 Å². The van der Waals surface area contributed by atoms with E-state index in [1.165, 1.54) is 0 Å². The Bertz CT molecular complexity index is 300. The van der Waals surface area contributed by atoms with Crippen molar-refractivity contribution in [3.05, 3.63) is 23.3 Å². The summed E-state index contributed by atoms with van der Waals surface area (Å²) in [6.07, 6.45) is 0. The van der Waals surface area contributed by atoms with Gasteiger partial charge in [0.05, 0.1) is 0 Å². The summed E-state index contributed by atoms with van der Waals surface area (Å²) < 4.78 is 0. The van der Waals surface area contributed by atoms with Crippen LogP contribution in [0.15, 0.2) is 17.0 Å². The first-order valence-corrected chi connectivity index (χ1v) is 5.44. The molecule has 0 amide bonds. The van der Waals surface area contributed by atoms with E-state index in [2.05, 4.69) is 40.3 Å². The molecule has 1 aromatic carbocycles. The monoisotopic (exact) mass is 210 g/mol. The smallest absolute Gasteiger partial charge is 0.122 e. The molecule has 0 saturated carbocycles. The highest BCUT2D eigenvalue weighted by molar-refractivity contribution is 7.80. The molecule has 1 aromatic rings. The number of phenols is 1. The molecule has 0 radical (unpaired) electrons. The molecule has 78 valence electrons. The van der Waals surface area contributed by atoms with Gasteiger partial charge in [-0.05, 0) is 35.1 Å². The molecule has 0 saturated heterocycles. The highest BCUT2D eigenvalue weighted by Gasteiger charge is 2.13. The molecular formula is C12H18OS. The first-order chi connectivity index (χ1) is 6.43. The minimum Gasteiger partial charge on any atom is -0.507 e. The average molecular weight is 210 g/mol. The van der Waals surface area contributed by atoms with Crippen molar-refractivity contribution in [2.75, 3.05) is 0 Å². The summed E-state index contributed by atoms with van der Waals surface area (Å²) in [7, 11) is 0. The number of phenolic OH excluding ortho intramolecular Hbond substituents is 1. The normalized spacial score (nSPS) is 11.4. The lowest BCUT2D eigenvalue weighted by Crippen LogP contribution is -1.95. The van der Waals surface area contributed by atoms with Gasteiger partial charge >= 0.3 is 0 Å². The summed E-state index contributed by atoms with van der Waals surface area (Å²) in [5, 5.41) is 10.0. The molecule has 0 unspecified atom stereocenters. The predicted molar refractivity (Wildman–Crippen MR) is 63.5 cm³/mol. The minimum atomic E-state index is 0.333. The topological polar surface area (TPSA) is 20.2 Å². The van der Waals surface area contributed by atoms with Crippen LogP contribution in [0, 0.1) is 0 Å². The van der Waals surface area contributed by atoms with Gasteiger partial charge in [-0.3, -0.25) is 0 Å². The molecule has 0 aliphatic rings. The SMILES string of the molecule is CC(C)c1cc(S)cc(C(C)C)c1O. The van der Waals surface area contributed by atoms with Crippen LogP contribution >= 0.6 is 12.6 Å². The molecule has 1 rings (SSSR count). The summed E-state index contributed by atoms with van der Waals surface area (Å²) in [6, 6.07) is 3.88. The zero-order valence-electron chi connectivity index (χ0n) is 9.20. The van der Waals surface area contributed by atoms with Crippen molar-refractivity contribution in [2.45, 2.75) is 44.4 Å². The summed E-state index contributed by atoms with van der Waals surface area (Å²) >= 11 is 4.35. The highest BCUT2D eigenvalue weighted by Crippen LogP contribution is 2.35. The molecule has 0 fully saturated rings. The van der Waals surface area contributed by atoms with Crippen molar-refractivity contribution in [1.29, 1.82) is 0 Å². The van der Waals surface area contributed by atoms with E-state index in [0.717, 1.165) is 16.0 Å². The molecule has 0 aliphatic heterocycles. The number of benzene rings is 1. The summed E-state index contributed by atoms with van der Waals surface area (Å²) in [6.45, 7) is 8.30. The quantitative estimate of drug-likeness (QED) is 0.709. The lowest BCUT2D eigenvalue weighted by molar-refractivity contribution is 0.453. The molecule has 0 atom stereocenters. The molecule has 2 heteroatoms. The van der Waals surface area contributed by atoms with Gasteiger partial charge in [0.15, 0.2) is 0 Å². The fourth-order valence-corrected chi connectivity index (χ4v) is 1.82. The van der Waals surface area contributed by atoms with Gasteiger partial charge in [0.25, 0.3) is 0 Å². The third-order valence-corrected chi connectivity index (χ3v) is 2.66. The fraction of sp³-hybridized carbons (Fsp3) is 0.500. The Kier molecular flexibility index (Phi) is 3.48. The van der Waals surface area contributed by atoms with Crippen molar-refractivity contribution >= 4 is 12.6 Å². The molecule has 0 aromatic heterocycles. The van der Waals surface area contributed by atoms with Crippen LogP contribution < -0.4 is 0 Å². The Balaban J connectivity index is 3.32. The van der Waals surface area contributed by atoms with E-state index in [9.17, 15) is 5.11 Å². The Morgan fingerprint density at radius 2 is 1.36 bits per heavy atom. The largest absolute Gasteiger partial charge is 0.507 e. The van der Waals surface area contributed by atoms with Crippen molar-refractivity contribution in [2.24, 2.45) is 0 Å². The number of hydrogen-bond acceptors (Lipinski definition) is 2. The van der Waals surface area contributed by atoms with Crippen LogP contribution in [0.3, 0.4) is 0 Å². The van der Waals surface area contributed by atoms with E-state index in [1.54, 1.807) is 0 Å². The molecule has 0 aliphatic carbocycles. The van der Waals surface area contributed by atoms with Crippen LogP contribution in [0.1, 0.15) is 50.7 Å². The van der Waals surface area contributed by atoms with Crippen LogP contribution in [0.4, 0.5) is 0 Å².